The van der Waals surface area contributed by atoms with Gasteiger partial charge in [0.2, 0.25) is 0 Å². The molecule has 6 nitrogen and oxygen atoms in total. The highest BCUT2D eigenvalue weighted by molar-refractivity contribution is 5.79. The maximum atomic E-state index is 5.84. The summed E-state index contributed by atoms with van der Waals surface area (Å²) in [6, 6.07) is 9.31. The van der Waals surface area contributed by atoms with E-state index in [1.165, 1.54) is 11.1 Å². The van der Waals surface area contributed by atoms with E-state index in [0.29, 0.717) is 6.04 Å². The van der Waals surface area contributed by atoms with E-state index >= 15 is 0 Å². The first-order chi connectivity index (χ1) is 14.3. The Hall–Kier alpha value is -1.63. The van der Waals surface area contributed by atoms with Gasteiger partial charge in [0.25, 0.3) is 0 Å². The third-order valence-corrected chi connectivity index (χ3v) is 5.81. The van der Waals surface area contributed by atoms with Crippen molar-refractivity contribution in [3.63, 3.8) is 0 Å². The average Bonchev–Trinajstić information content (AvgIpc) is 3.27. The molecule has 1 fully saturated rings. The summed E-state index contributed by atoms with van der Waals surface area (Å²) in [5.41, 5.74) is 2.97. The zero-order valence-electron chi connectivity index (χ0n) is 18.2. The van der Waals surface area contributed by atoms with Crippen molar-refractivity contribution in [2.45, 2.75) is 58.2 Å². The monoisotopic (exact) mass is 402 g/mol. The van der Waals surface area contributed by atoms with Gasteiger partial charge in [-0.1, -0.05) is 31.2 Å². The summed E-state index contributed by atoms with van der Waals surface area (Å²) in [7, 11) is 0. The summed E-state index contributed by atoms with van der Waals surface area (Å²) in [5, 5.41) is 6.83. The molecule has 3 rings (SSSR count). The molecule has 0 aromatic heterocycles. The molecule has 29 heavy (non-hydrogen) atoms. The number of guanidine groups is 1. The van der Waals surface area contributed by atoms with Crippen molar-refractivity contribution in [2.24, 2.45) is 4.99 Å². The van der Waals surface area contributed by atoms with E-state index in [1.54, 1.807) is 0 Å². The molecule has 0 saturated carbocycles. The molecule has 2 aliphatic rings. The topological polar surface area (TPSA) is 58.1 Å². The van der Waals surface area contributed by atoms with Crippen LogP contribution in [0.25, 0.3) is 0 Å². The molecule has 2 heterocycles. The summed E-state index contributed by atoms with van der Waals surface area (Å²) in [6.45, 7) is 11.5. The lowest BCUT2D eigenvalue weighted by Gasteiger charge is -2.34. The Balaban J connectivity index is 1.43. The van der Waals surface area contributed by atoms with E-state index in [0.717, 1.165) is 84.2 Å². The highest BCUT2D eigenvalue weighted by atomic mass is 16.5. The van der Waals surface area contributed by atoms with Gasteiger partial charge < -0.3 is 20.1 Å². The van der Waals surface area contributed by atoms with Gasteiger partial charge in [-0.25, -0.2) is 0 Å². The molecule has 2 atom stereocenters. The van der Waals surface area contributed by atoms with Gasteiger partial charge in [-0.05, 0) is 43.7 Å². The Bertz CT molecular complexity index is 631. The zero-order valence-corrected chi connectivity index (χ0v) is 18.2. The number of fused-ring (bicyclic) bond motifs is 1. The van der Waals surface area contributed by atoms with Crippen LogP contribution in [0.15, 0.2) is 29.3 Å². The van der Waals surface area contributed by atoms with Crippen LogP contribution in [0.4, 0.5) is 0 Å². The van der Waals surface area contributed by atoms with Gasteiger partial charge in [0, 0.05) is 45.4 Å². The molecule has 1 aromatic carbocycles. The van der Waals surface area contributed by atoms with Crippen LogP contribution >= 0.6 is 0 Å². The Morgan fingerprint density at radius 1 is 1.28 bits per heavy atom. The van der Waals surface area contributed by atoms with Crippen molar-refractivity contribution in [3.05, 3.63) is 35.4 Å². The lowest BCUT2D eigenvalue weighted by Crippen LogP contribution is -2.43. The Morgan fingerprint density at radius 2 is 2.14 bits per heavy atom. The highest BCUT2D eigenvalue weighted by Crippen LogP contribution is 2.21. The summed E-state index contributed by atoms with van der Waals surface area (Å²) in [6.07, 6.45) is 4.54. The van der Waals surface area contributed by atoms with Crippen LogP contribution in [0.2, 0.25) is 0 Å². The molecule has 0 amide bonds. The van der Waals surface area contributed by atoms with Crippen LogP contribution in [0.5, 0.6) is 0 Å². The Labute approximate surface area is 176 Å². The number of nitrogens with one attached hydrogen (secondary N) is 2. The quantitative estimate of drug-likeness (QED) is 0.358. The second-order valence-electron chi connectivity index (χ2n) is 7.91. The average molecular weight is 403 g/mol. The highest BCUT2D eigenvalue weighted by Gasteiger charge is 2.22. The smallest absolute Gasteiger partial charge is 0.191 e. The zero-order chi connectivity index (χ0) is 20.3. The molecular weight excluding hydrogens is 364 g/mol. The molecule has 2 aliphatic heterocycles. The molecule has 1 saturated heterocycles. The minimum absolute atomic E-state index is 0.289. The Kier molecular flexibility index (Phi) is 9.25. The molecule has 0 radical (unpaired) electrons. The number of hydrogen-bond acceptors (Lipinski definition) is 4. The summed E-state index contributed by atoms with van der Waals surface area (Å²) < 4.78 is 11.2. The molecule has 0 aliphatic carbocycles. The number of ether oxygens (including phenoxy) is 2. The van der Waals surface area contributed by atoms with E-state index in [2.05, 4.69) is 53.6 Å². The van der Waals surface area contributed by atoms with Crippen LogP contribution in [0.1, 0.15) is 44.2 Å². The van der Waals surface area contributed by atoms with Gasteiger partial charge in [0.15, 0.2) is 5.96 Å². The van der Waals surface area contributed by atoms with Crippen molar-refractivity contribution in [1.29, 1.82) is 0 Å². The van der Waals surface area contributed by atoms with Gasteiger partial charge in [0.1, 0.15) is 0 Å². The second-order valence-corrected chi connectivity index (χ2v) is 7.91. The minimum atomic E-state index is 0.289. The predicted octanol–water partition coefficient (Wildman–Crippen LogP) is 2.57. The van der Waals surface area contributed by atoms with E-state index in [-0.39, 0.29) is 6.10 Å². The van der Waals surface area contributed by atoms with Crippen LogP contribution in [-0.4, -0.2) is 69.0 Å². The van der Waals surface area contributed by atoms with Crippen molar-refractivity contribution < 1.29 is 9.47 Å². The van der Waals surface area contributed by atoms with Crippen molar-refractivity contribution >= 4 is 5.96 Å². The first-order valence-electron chi connectivity index (χ1n) is 11.3. The fourth-order valence-corrected chi connectivity index (χ4v) is 4.04. The van der Waals surface area contributed by atoms with Gasteiger partial charge >= 0.3 is 0 Å². The minimum Gasteiger partial charge on any atom is -0.379 e. The van der Waals surface area contributed by atoms with Crippen molar-refractivity contribution in [3.8, 4) is 0 Å². The molecule has 2 N–H and O–H groups in total. The van der Waals surface area contributed by atoms with Crippen LogP contribution < -0.4 is 10.6 Å². The SMILES string of the molecule is CCNC(=NCC(CC)N1CCc2ccccc2C1)NCCCOC1CCOC1. The first kappa shape index (κ1) is 22.1. The molecule has 0 spiro atoms. The second kappa shape index (κ2) is 12.2. The number of aliphatic imine (C=N–C) groups is 1. The fraction of sp³-hybridized carbons (Fsp3) is 0.696. The summed E-state index contributed by atoms with van der Waals surface area (Å²) in [5.74, 6) is 0.910. The van der Waals surface area contributed by atoms with Gasteiger partial charge in [-0.15, -0.1) is 0 Å². The molecule has 1 aromatic rings. The lowest BCUT2D eigenvalue weighted by atomic mass is 9.98. The van der Waals surface area contributed by atoms with Crippen molar-refractivity contribution in [1.82, 2.24) is 15.5 Å². The van der Waals surface area contributed by atoms with E-state index in [4.69, 9.17) is 14.5 Å². The van der Waals surface area contributed by atoms with Crippen LogP contribution in [0.3, 0.4) is 0 Å². The van der Waals surface area contributed by atoms with Crippen LogP contribution in [-0.2, 0) is 22.4 Å². The number of nitrogens with zero attached hydrogens (tertiary/aromatic N) is 2. The van der Waals surface area contributed by atoms with E-state index in [1.807, 2.05) is 0 Å². The van der Waals surface area contributed by atoms with E-state index in [9.17, 15) is 0 Å². The van der Waals surface area contributed by atoms with Gasteiger partial charge in [-0.2, -0.15) is 0 Å². The number of benzene rings is 1. The fourth-order valence-electron chi connectivity index (χ4n) is 4.04. The third kappa shape index (κ3) is 6.98. The predicted molar refractivity (Wildman–Crippen MR) is 118 cm³/mol. The molecule has 6 heteroatoms. The largest absolute Gasteiger partial charge is 0.379 e. The summed E-state index contributed by atoms with van der Waals surface area (Å²) >= 11 is 0. The van der Waals surface area contributed by atoms with Crippen molar-refractivity contribution in [2.75, 3.05) is 46.0 Å². The molecule has 162 valence electrons. The summed E-state index contributed by atoms with van der Waals surface area (Å²) in [4.78, 5) is 7.47. The van der Waals surface area contributed by atoms with Gasteiger partial charge in [0.05, 0.1) is 19.3 Å². The molecule has 2 unspecified atom stereocenters. The van der Waals surface area contributed by atoms with Gasteiger partial charge in [-0.3, -0.25) is 9.89 Å². The molecular formula is C23H38N4O2. The standard InChI is InChI=1S/C23H38N4O2/c1-3-21(27-13-10-19-8-5-6-9-20(19)17-27)16-26-23(24-4-2)25-12-7-14-29-22-11-15-28-18-22/h5-6,8-9,21-22H,3-4,7,10-18H2,1-2H3,(H2,24,25,26). The molecule has 0 bridgehead atoms. The van der Waals surface area contributed by atoms with E-state index < -0.39 is 0 Å². The Morgan fingerprint density at radius 3 is 2.90 bits per heavy atom. The maximum Gasteiger partial charge on any atom is 0.191 e. The number of hydrogen-bond donors (Lipinski definition) is 2. The lowest BCUT2D eigenvalue weighted by molar-refractivity contribution is 0.0420. The van der Waals surface area contributed by atoms with Crippen LogP contribution in [0, 0.1) is 0 Å². The third-order valence-electron chi connectivity index (χ3n) is 5.81. The normalized spacial score (nSPS) is 21.0. The first-order valence-corrected chi connectivity index (χ1v) is 11.3. The maximum absolute atomic E-state index is 5.84. The number of rotatable bonds is 10.